The Morgan fingerprint density at radius 1 is 0.952 bits per heavy atom. The maximum atomic E-state index is 6.12. The van der Waals surface area contributed by atoms with E-state index in [1.807, 2.05) is 47.8 Å². The lowest BCUT2D eigenvalue weighted by molar-refractivity contribution is 0.980. The van der Waals surface area contributed by atoms with E-state index < -0.39 is 0 Å². The molecular weight excluding hydrogens is 280 g/mol. The SMILES string of the molecule is Nc1cc(-c2ccccc2)cc2nc(-c3cccs3)nn12. The molecule has 0 saturated heterocycles. The number of nitrogen functional groups attached to an aromatic ring is 1. The topological polar surface area (TPSA) is 56.2 Å². The molecule has 5 heteroatoms. The molecule has 4 rings (SSSR count). The molecule has 1 aromatic carbocycles. The van der Waals surface area contributed by atoms with E-state index in [1.54, 1.807) is 15.9 Å². The maximum absolute atomic E-state index is 6.12. The molecule has 3 heterocycles. The monoisotopic (exact) mass is 292 g/mol. The van der Waals surface area contributed by atoms with E-state index in [4.69, 9.17) is 5.73 Å². The van der Waals surface area contributed by atoms with Gasteiger partial charge in [0.25, 0.3) is 0 Å². The predicted octanol–water partition coefficient (Wildman–Crippen LogP) is 3.71. The third kappa shape index (κ3) is 2.08. The number of nitrogens with two attached hydrogens (primary N) is 1. The molecule has 102 valence electrons. The molecule has 0 aliphatic carbocycles. The quantitative estimate of drug-likeness (QED) is 0.613. The van der Waals surface area contributed by atoms with Gasteiger partial charge in [-0.1, -0.05) is 36.4 Å². The molecule has 3 aromatic heterocycles. The predicted molar refractivity (Wildman–Crippen MR) is 86.1 cm³/mol. The van der Waals surface area contributed by atoms with Gasteiger partial charge >= 0.3 is 0 Å². The van der Waals surface area contributed by atoms with Crippen LogP contribution in [0.15, 0.2) is 60.0 Å². The van der Waals surface area contributed by atoms with Gasteiger partial charge in [0.2, 0.25) is 0 Å². The molecule has 2 N–H and O–H groups in total. The highest BCUT2D eigenvalue weighted by molar-refractivity contribution is 7.13. The van der Waals surface area contributed by atoms with Gasteiger partial charge in [-0.3, -0.25) is 0 Å². The molecule has 0 fully saturated rings. The summed E-state index contributed by atoms with van der Waals surface area (Å²) in [5.41, 5.74) is 9.05. The number of hydrogen-bond donors (Lipinski definition) is 1. The van der Waals surface area contributed by atoms with Gasteiger partial charge in [-0.05, 0) is 34.7 Å². The van der Waals surface area contributed by atoms with Gasteiger partial charge in [0.1, 0.15) is 5.82 Å². The molecule has 21 heavy (non-hydrogen) atoms. The molecule has 0 bridgehead atoms. The van der Waals surface area contributed by atoms with Crippen molar-refractivity contribution in [2.24, 2.45) is 0 Å². The van der Waals surface area contributed by atoms with E-state index in [9.17, 15) is 0 Å². The smallest absolute Gasteiger partial charge is 0.192 e. The normalized spacial score (nSPS) is 11.0. The fraction of sp³-hybridized carbons (Fsp3) is 0. The first-order chi connectivity index (χ1) is 10.3. The Hall–Kier alpha value is -2.66. The van der Waals surface area contributed by atoms with Crippen LogP contribution < -0.4 is 5.73 Å². The number of hydrogen-bond acceptors (Lipinski definition) is 4. The largest absolute Gasteiger partial charge is 0.384 e. The van der Waals surface area contributed by atoms with Crippen molar-refractivity contribution < 1.29 is 0 Å². The first kappa shape index (κ1) is 12.1. The van der Waals surface area contributed by atoms with E-state index in [0.717, 1.165) is 21.7 Å². The number of fused-ring (bicyclic) bond motifs is 1. The molecule has 0 saturated carbocycles. The average molecular weight is 292 g/mol. The Kier molecular flexibility index (Phi) is 2.72. The third-order valence-corrected chi connectivity index (χ3v) is 4.18. The highest BCUT2D eigenvalue weighted by Crippen LogP contribution is 2.26. The lowest BCUT2D eigenvalue weighted by Gasteiger charge is -2.04. The van der Waals surface area contributed by atoms with E-state index in [-0.39, 0.29) is 0 Å². The van der Waals surface area contributed by atoms with Crippen LogP contribution in [0.2, 0.25) is 0 Å². The number of thiophene rings is 1. The number of pyridine rings is 1. The summed E-state index contributed by atoms with van der Waals surface area (Å²) >= 11 is 1.62. The summed E-state index contributed by atoms with van der Waals surface area (Å²) in [5.74, 6) is 1.29. The standard InChI is InChI=1S/C16H12N4S/c17-14-9-12(11-5-2-1-3-6-11)10-15-18-16(19-20(14)15)13-7-4-8-21-13/h1-10H,17H2. The first-order valence-corrected chi connectivity index (χ1v) is 7.45. The number of benzene rings is 1. The van der Waals surface area contributed by atoms with Crippen LogP contribution in [0.25, 0.3) is 27.5 Å². The number of anilines is 1. The van der Waals surface area contributed by atoms with Gasteiger partial charge in [-0.15, -0.1) is 16.4 Å². The summed E-state index contributed by atoms with van der Waals surface area (Å²) < 4.78 is 1.68. The van der Waals surface area contributed by atoms with Crippen molar-refractivity contribution in [1.29, 1.82) is 0 Å². The summed E-state index contributed by atoms with van der Waals surface area (Å²) in [6.45, 7) is 0. The molecule has 4 aromatic rings. The summed E-state index contributed by atoms with van der Waals surface area (Å²) in [6, 6.07) is 18.1. The average Bonchev–Trinajstić information content (AvgIpc) is 3.17. The second-order valence-corrected chi connectivity index (χ2v) is 5.67. The second kappa shape index (κ2) is 4.71. The van der Waals surface area contributed by atoms with Crippen LogP contribution in [0.5, 0.6) is 0 Å². The fourth-order valence-electron chi connectivity index (χ4n) is 2.32. The minimum Gasteiger partial charge on any atom is -0.384 e. The van der Waals surface area contributed by atoms with Gasteiger partial charge in [0.15, 0.2) is 11.5 Å². The van der Waals surface area contributed by atoms with Gasteiger partial charge in [-0.25, -0.2) is 4.98 Å². The Morgan fingerprint density at radius 2 is 1.81 bits per heavy atom. The summed E-state index contributed by atoms with van der Waals surface area (Å²) in [4.78, 5) is 5.63. The zero-order valence-corrected chi connectivity index (χ0v) is 11.9. The molecule has 0 aliphatic heterocycles. The van der Waals surface area contributed by atoms with Gasteiger partial charge in [0.05, 0.1) is 4.88 Å². The van der Waals surface area contributed by atoms with E-state index in [0.29, 0.717) is 11.6 Å². The molecular formula is C16H12N4S. The zero-order chi connectivity index (χ0) is 14.2. The molecule has 0 atom stereocenters. The Balaban J connectivity index is 1.90. The van der Waals surface area contributed by atoms with Crippen molar-refractivity contribution in [3.63, 3.8) is 0 Å². The molecule has 0 aliphatic rings. The molecule has 0 unspecified atom stereocenters. The fourth-order valence-corrected chi connectivity index (χ4v) is 2.97. The number of nitrogens with zero attached hydrogens (tertiary/aromatic N) is 3. The summed E-state index contributed by atoms with van der Waals surface area (Å²) in [7, 11) is 0. The maximum Gasteiger partial charge on any atom is 0.192 e. The Bertz CT molecular complexity index is 895. The van der Waals surface area contributed by atoms with Gasteiger partial charge in [-0.2, -0.15) is 4.52 Å². The van der Waals surface area contributed by atoms with Crippen molar-refractivity contribution in [2.75, 3.05) is 5.73 Å². The molecule has 0 amide bonds. The molecule has 0 spiro atoms. The van der Waals surface area contributed by atoms with Crippen LogP contribution in [0.1, 0.15) is 0 Å². The number of aromatic nitrogens is 3. The lowest BCUT2D eigenvalue weighted by Crippen LogP contribution is -1.98. The number of rotatable bonds is 2. The Labute approximate surface area is 125 Å². The minimum absolute atomic E-state index is 0.585. The van der Waals surface area contributed by atoms with Crippen molar-refractivity contribution in [2.45, 2.75) is 0 Å². The van der Waals surface area contributed by atoms with Crippen LogP contribution in [-0.2, 0) is 0 Å². The van der Waals surface area contributed by atoms with E-state index in [2.05, 4.69) is 22.2 Å². The van der Waals surface area contributed by atoms with Gasteiger partial charge < -0.3 is 5.73 Å². The van der Waals surface area contributed by atoms with Crippen LogP contribution in [0, 0.1) is 0 Å². The van der Waals surface area contributed by atoms with Crippen molar-refractivity contribution in [3.8, 4) is 21.8 Å². The second-order valence-electron chi connectivity index (χ2n) is 4.72. The van der Waals surface area contributed by atoms with Crippen molar-refractivity contribution in [3.05, 3.63) is 60.0 Å². The summed E-state index contributed by atoms with van der Waals surface area (Å²) in [5, 5.41) is 6.49. The van der Waals surface area contributed by atoms with E-state index >= 15 is 0 Å². The minimum atomic E-state index is 0.585. The van der Waals surface area contributed by atoms with Gasteiger partial charge in [0, 0.05) is 0 Å². The first-order valence-electron chi connectivity index (χ1n) is 6.57. The van der Waals surface area contributed by atoms with Crippen LogP contribution in [0.3, 0.4) is 0 Å². The Morgan fingerprint density at radius 3 is 2.57 bits per heavy atom. The van der Waals surface area contributed by atoms with Crippen LogP contribution in [0.4, 0.5) is 5.82 Å². The van der Waals surface area contributed by atoms with Crippen molar-refractivity contribution in [1.82, 2.24) is 14.6 Å². The van der Waals surface area contributed by atoms with Crippen LogP contribution >= 0.6 is 11.3 Å². The van der Waals surface area contributed by atoms with Crippen molar-refractivity contribution >= 4 is 22.8 Å². The van der Waals surface area contributed by atoms with Crippen LogP contribution in [-0.4, -0.2) is 14.6 Å². The lowest BCUT2D eigenvalue weighted by atomic mass is 10.1. The van der Waals surface area contributed by atoms with E-state index in [1.165, 1.54) is 0 Å². The molecule has 4 nitrogen and oxygen atoms in total. The summed E-state index contributed by atoms with van der Waals surface area (Å²) in [6.07, 6.45) is 0. The molecule has 0 radical (unpaired) electrons. The zero-order valence-electron chi connectivity index (χ0n) is 11.1. The highest BCUT2D eigenvalue weighted by atomic mass is 32.1. The third-order valence-electron chi connectivity index (χ3n) is 3.31. The highest BCUT2D eigenvalue weighted by Gasteiger charge is 2.10.